The molecule has 6 heteroatoms. The van der Waals surface area contributed by atoms with Gasteiger partial charge in [-0.2, -0.15) is 0 Å². The van der Waals surface area contributed by atoms with Gasteiger partial charge in [0.25, 0.3) is 0 Å². The highest BCUT2D eigenvalue weighted by molar-refractivity contribution is 7.17. The summed E-state index contributed by atoms with van der Waals surface area (Å²) in [7, 11) is 0. The summed E-state index contributed by atoms with van der Waals surface area (Å²) in [5, 5.41) is 9.77. The van der Waals surface area contributed by atoms with E-state index in [-0.39, 0.29) is 0 Å². The monoisotopic (exact) mass is 289 g/mol. The third kappa shape index (κ3) is 2.38. The Morgan fingerprint density at radius 2 is 2.10 bits per heavy atom. The maximum Gasteiger partial charge on any atom is 0.347 e. The van der Waals surface area contributed by atoms with Gasteiger partial charge >= 0.3 is 5.97 Å². The Balaban J connectivity index is 1.87. The first kappa shape index (κ1) is 13.1. The minimum atomic E-state index is -0.923. The number of thiazole rings is 1. The van der Waals surface area contributed by atoms with Gasteiger partial charge in [-0.3, -0.25) is 0 Å². The van der Waals surface area contributed by atoms with Gasteiger partial charge in [0.2, 0.25) is 0 Å². The van der Waals surface area contributed by atoms with E-state index in [1.807, 2.05) is 12.1 Å². The fourth-order valence-corrected chi connectivity index (χ4v) is 3.26. The van der Waals surface area contributed by atoms with E-state index >= 15 is 0 Å². The molecule has 1 fully saturated rings. The standard InChI is InChI=1S/C14H15N3O2S/c1-9-12(14(18)19)20-13(16-9)10-4-5-11(15-8-10)17-6-2-3-7-17/h4-5,8H,2-3,6-7H2,1H3,(H,18,19). The van der Waals surface area contributed by atoms with Crippen molar-refractivity contribution in [2.45, 2.75) is 19.8 Å². The van der Waals surface area contributed by atoms with Crippen LogP contribution in [0.1, 0.15) is 28.2 Å². The molecule has 0 amide bonds. The zero-order chi connectivity index (χ0) is 14.1. The number of nitrogens with zero attached hydrogens (tertiary/aromatic N) is 3. The average Bonchev–Trinajstić information content (AvgIpc) is 3.08. The van der Waals surface area contributed by atoms with E-state index in [0.717, 1.165) is 24.5 Å². The molecular formula is C14H15N3O2S. The predicted octanol–water partition coefficient (Wildman–Crippen LogP) is 2.81. The van der Waals surface area contributed by atoms with Crippen LogP contribution in [-0.2, 0) is 0 Å². The van der Waals surface area contributed by atoms with Crippen LogP contribution < -0.4 is 4.90 Å². The number of aryl methyl sites for hydroxylation is 1. The summed E-state index contributed by atoms with van der Waals surface area (Å²) in [5.41, 5.74) is 1.43. The largest absolute Gasteiger partial charge is 0.477 e. The molecule has 0 radical (unpaired) electrons. The lowest BCUT2D eigenvalue weighted by Crippen LogP contribution is -2.18. The molecule has 1 saturated heterocycles. The number of rotatable bonds is 3. The number of carboxylic acid groups (broad SMARTS) is 1. The van der Waals surface area contributed by atoms with E-state index in [9.17, 15) is 4.79 Å². The molecule has 0 unspecified atom stereocenters. The molecule has 20 heavy (non-hydrogen) atoms. The highest BCUT2D eigenvalue weighted by atomic mass is 32.1. The molecule has 104 valence electrons. The highest BCUT2D eigenvalue weighted by Crippen LogP contribution is 2.28. The smallest absolute Gasteiger partial charge is 0.347 e. The highest BCUT2D eigenvalue weighted by Gasteiger charge is 2.16. The van der Waals surface area contributed by atoms with Crippen molar-refractivity contribution in [3.63, 3.8) is 0 Å². The van der Waals surface area contributed by atoms with Gasteiger partial charge in [-0.05, 0) is 31.9 Å². The first-order chi connectivity index (χ1) is 9.65. The van der Waals surface area contributed by atoms with Crippen LogP contribution in [-0.4, -0.2) is 34.1 Å². The van der Waals surface area contributed by atoms with Crippen LogP contribution in [0.4, 0.5) is 5.82 Å². The van der Waals surface area contributed by atoms with E-state index in [0.29, 0.717) is 15.6 Å². The van der Waals surface area contributed by atoms with Gasteiger partial charge in [-0.25, -0.2) is 14.8 Å². The molecule has 1 N–H and O–H groups in total. The molecule has 0 bridgehead atoms. The first-order valence-corrected chi connectivity index (χ1v) is 7.39. The van der Waals surface area contributed by atoms with E-state index in [1.165, 1.54) is 24.2 Å². The Morgan fingerprint density at radius 3 is 2.65 bits per heavy atom. The number of carboxylic acids is 1. The van der Waals surface area contributed by atoms with Gasteiger partial charge in [-0.1, -0.05) is 0 Å². The van der Waals surface area contributed by atoms with E-state index in [2.05, 4.69) is 14.9 Å². The second-order valence-corrected chi connectivity index (χ2v) is 5.84. The van der Waals surface area contributed by atoms with Crippen molar-refractivity contribution in [2.24, 2.45) is 0 Å². The lowest BCUT2D eigenvalue weighted by Gasteiger charge is -2.15. The Kier molecular flexibility index (Phi) is 3.40. The molecule has 0 saturated carbocycles. The van der Waals surface area contributed by atoms with Crippen LogP contribution in [0.25, 0.3) is 10.6 Å². The molecule has 1 aliphatic heterocycles. The molecule has 0 aromatic carbocycles. The predicted molar refractivity (Wildman–Crippen MR) is 78.5 cm³/mol. The normalized spacial score (nSPS) is 14.8. The average molecular weight is 289 g/mol. The van der Waals surface area contributed by atoms with E-state index in [4.69, 9.17) is 5.11 Å². The lowest BCUT2D eigenvalue weighted by molar-refractivity contribution is 0.0701. The van der Waals surface area contributed by atoms with Crippen LogP contribution in [0, 0.1) is 6.92 Å². The quantitative estimate of drug-likeness (QED) is 0.941. The van der Waals surface area contributed by atoms with Crippen molar-refractivity contribution in [1.29, 1.82) is 0 Å². The summed E-state index contributed by atoms with van der Waals surface area (Å²) >= 11 is 1.19. The Hall–Kier alpha value is -1.95. The topological polar surface area (TPSA) is 66.3 Å². The Morgan fingerprint density at radius 1 is 1.35 bits per heavy atom. The first-order valence-electron chi connectivity index (χ1n) is 6.57. The number of anilines is 1. The maximum atomic E-state index is 11.0. The molecule has 5 nitrogen and oxygen atoms in total. The minimum absolute atomic E-state index is 0.295. The zero-order valence-corrected chi connectivity index (χ0v) is 12.0. The molecule has 0 spiro atoms. The SMILES string of the molecule is Cc1nc(-c2ccc(N3CCCC3)nc2)sc1C(=O)O. The number of hydrogen-bond acceptors (Lipinski definition) is 5. The third-order valence-corrected chi connectivity index (χ3v) is 4.61. The van der Waals surface area contributed by atoms with Gasteiger partial charge < -0.3 is 10.0 Å². The van der Waals surface area contributed by atoms with Crippen molar-refractivity contribution in [3.8, 4) is 10.6 Å². The van der Waals surface area contributed by atoms with E-state index in [1.54, 1.807) is 13.1 Å². The molecule has 0 atom stereocenters. The molecule has 3 rings (SSSR count). The van der Waals surface area contributed by atoms with Gasteiger partial charge in [0, 0.05) is 24.8 Å². The van der Waals surface area contributed by atoms with Crippen molar-refractivity contribution >= 4 is 23.1 Å². The van der Waals surface area contributed by atoms with Crippen LogP contribution in [0.3, 0.4) is 0 Å². The molecule has 2 aromatic rings. The number of hydrogen-bond donors (Lipinski definition) is 1. The van der Waals surface area contributed by atoms with Crippen molar-refractivity contribution in [3.05, 3.63) is 28.9 Å². The second kappa shape index (κ2) is 5.20. The van der Waals surface area contributed by atoms with Gasteiger partial charge in [-0.15, -0.1) is 11.3 Å². The molecule has 0 aliphatic carbocycles. The third-order valence-electron chi connectivity index (χ3n) is 3.42. The van der Waals surface area contributed by atoms with Crippen LogP contribution in [0.15, 0.2) is 18.3 Å². The zero-order valence-electron chi connectivity index (χ0n) is 11.2. The summed E-state index contributed by atoms with van der Waals surface area (Å²) < 4.78 is 0. The van der Waals surface area contributed by atoms with Crippen molar-refractivity contribution in [2.75, 3.05) is 18.0 Å². The van der Waals surface area contributed by atoms with Crippen LogP contribution in [0.5, 0.6) is 0 Å². The van der Waals surface area contributed by atoms with Crippen LogP contribution in [0.2, 0.25) is 0 Å². The summed E-state index contributed by atoms with van der Waals surface area (Å²) in [5.74, 6) is 0.0610. The Bertz CT molecular complexity index is 630. The molecular weight excluding hydrogens is 274 g/mol. The van der Waals surface area contributed by atoms with E-state index < -0.39 is 5.97 Å². The van der Waals surface area contributed by atoms with Crippen LogP contribution >= 0.6 is 11.3 Å². The second-order valence-electron chi connectivity index (χ2n) is 4.84. The summed E-state index contributed by atoms with van der Waals surface area (Å²) in [6.07, 6.45) is 4.21. The minimum Gasteiger partial charge on any atom is -0.477 e. The lowest BCUT2D eigenvalue weighted by atomic mass is 10.3. The van der Waals surface area contributed by atoms with Gasteiger partial charge in [0.1, 0.15) is 15.7 Å². The molecule has 1 aliphatic rings. The molecule has 3 heterocycles. The summed E-state index contributed by atoms with van der Waals surface area (Å²) in [6.45, 7) is 3.84. The number of pyridine rings is 1. The number of aromatic carboxylic acids is 1. The van der Waals surface area contributed by atoms with Gasteiger partial charge in [0.15, 0.2) is 0 Å². The number of carbonyl (C=O) groups is 1. The Labute approximate surface area is 120 Å². The maximum absolute atomic E-state index is 11.0. The number of aromatic nitrogens is 2. The van der Waals surface area contributed by atoms with Crippen molar-refractivity contribution in [1.82, 2.24) is 9.97 Å². The molecule has 2 aromatic heterocycles. The van der Waals surface area contributed by atoms with Crippen molar-refractivity contribution < 1.29 is 9.90 Å². The fraction of sp³-hybridized carbons (Fsp3) is 0.357. The summed E-state index contributed by atoms with van der Waals surface area (Å²) in [4.78, 5) is 22.4. The fourth-order valence-electron chi connectivity index (χ4n) is 2.36. The van der Waals surface area contributed by atoms with Gasteiger partial charge in [0.05, 0.1) is 5.69 Å². The summed E-state index contributed by atoms with van der Waals surface area (Å²) in [6, 6.07) is 3.95.